The molecule has 2 fully saturated rings. The van der Waals surface area contributed by atoms with Gasteiger partial charge in [0.2, 0.25) is 0 Å². The lowest BCUT2D eigenvalue weighted by molar-refractivity contribution is 0.259. The van der Waals surface area contributed by atoms with E-state index in [1.165, 1.54) is 32.1 Å². The van der Waals surface area contributed by atoms with Crippen LogP contribution in [0.4, 0.5) is 0 Å². The van der Waals surface area contributed by atoms with Gasteiger partial charge in [0.05, 0.1) is 0 Å². The third-order valence-corrected chi connectivity index (χ3v) is 6.19. The molecule has 0 heterocycles. The molecule has 5 unspecified atom stereocenters. The number of hydrogen-bond donors (Lipinski definition) is 1. The molecule has 5 atom stereocenters. The van der Waals surface area contributed by atoms with E-state index in [1.807, 2.05) is 0 Å². The second-order valence-electron chi connectivity index (χ2n) is 7.08. The molecule has 3 aliphatic carbocycles. The molecule has 1 heteroatoms. The summed E-state index contributed by atoms with van der Waals surface area (Å²) in [5.74, 6) is 3.95. The van der Waals surface area contributed by atoms with Crippen molar-refractivity contribution in [2.24, 2.45) is 17.8 Å². The monoisotopic (exact) mass is 255 g/mol. The van der Waals surface area contributed by atoms with E-state index in [0.29, 0.717) is 6.04 Å². The number of hydrogen-bond acceptors (Lipinski definition) is 1. The molecule has 0 aliphatic heterocycles. The van der Waals surface area contributed by atoms with Crippen LogP contribution in [0.25, 0.3) is 0 Å². The van der Waals surface area contributed by atoms with E-state index in [2.05, 4.69) is 36.6 Å². The van der Waals surface area contributed by atoms with Crippen molar-refractivity contribution < 1.29 is 0 Å². The zero-order valence-electron chi connectivity index (χ0n) is 11.9. The SMILES string of the molecule is CNC(CC1CC2CCC1C2)C1Cc2ccccc21. The first-order valence-electron chi connectivity index (χ1n) is 8.10. The van der Waals surface area contributed by atoms with Crippen molar-refractivity contribution in [2.75, 3.05) is 7.05 Å². The average Bonchev–Trinajstić information content (AvgIpc) is 3.01. The number of nitrogens with one attached hydrogen (secondary N) is 1. The zero-order chi connectivity index (χ0) is 12.8. The molecule has 0 saturated heterocycles. The maximum atomic E-state index is 3.63. The Morgan fingerprint density at radius 2 is 2.11 bits per heavy atom. The van der Waals surface area contributed by atoms with Crippen molar-refractivity contribution in [3.8, 4) is 0 Å². The van der Waals surface area contributed by atoms with Crippen molar-refractivity contribution in [3.63, 3.8) is 0 Å². The summed E-state index contributed by atoms with van der Waals surface area (Å²) < 4.78 is 0. The molecule has 0 radical (unpaired) electrons. The van der Waals surface area contributed by atoms with E-state index < -0.39 is 0 Å². The van der Waals surface area contributed by atoms with Crippen LogP contribution in [0.1, 0.15) is 49.1 Å². The Kier molecular flexibility index (Phi) is 2.91. The van der Waals surface area contributed by atoms with Crippen LogP contribution in [0, 0.1) is 17.8 Å². The van der Waals surface area contributed by atoms with Gasteiger partial charge in [-0.05, 0) is 68.0 Å². The molecule has 2 saturated carbocycles. The van der Waals surface area contributed by atoms with E-state index in [0.717, 1.165) is 23.7 Å². The average molecular weight is 255 g/mol. The van der Waals surface area contributed by atoms with Gasteiger partial charge >= 0.3 is 0 Å². The minimum Gasteiger partial charge on any atom is -0.316 e. The summed E-state index contributed by atoms with van der Waals surface area (Å²) in [4.78, 5) is 0. The maximum absolute atomic E-state index is 3.63. The fraction of sp³-hybridized carbons (Fsp3) is 0.667. The molecule has 1 aromatic rings. The van der Waals surface area contributed by atoms with Gasteiger partial charge in [0, 0.05) is 12.0 Å². The van der Waals surface area contributed by atoms with Gasteiger partial charge in [0.1, 0.15) is 0 Å². The summed E-state index contributed by atoms with van der Waals surface area (Å²) in [5, 5.41) is 3.63. The van der Waals surface area contributed by atoms with Gasteiger partial charge in [-0.25, -0.2) is 0 Å². The first-order valence-corrected chi connectivity index (χ1v) is 8.10. The Labute approximate surface area is 116 Å². The Morgan fingerprint density at radius 3 is 2.79 bits per heavy atom. The normalized spacial score (nSPS) is 36.9. The van der Waals surface area contributed by atoms with Gasteiger partial charge in [-0.2, -0.15) is 0 Å². The Balaban J connectivity index is 1.45. The van der Waals surface area contributed by atoms with E-state index in [4.69, 9.17) is 0 Å². The van der Waals surface area contributed by atoms with Crippen molar-refractivity contribution >= 4 is 0 Å². The summed E-state index contributed by atoms with van der Waals surface area (Å²) in [6.45, 7) is 0. The number of fused-ring (bicyclic) bond motifs is 3. The summed E-state index contributed by atoms with van der Waals surface area (Å²) in [5.41, 5.74) is 3.20. The van der Waals surface area contributed by atoms with E-state index >= 15 is 0 Å². The Hall–Kier alpha value is -0.820. The van der Waals surface area contributed by atoms with Gasteiger partial charge in [-0.1, -0.05) is 30.7 Å². The quantitative estimate of drug-likeness (QED) is 0.864. The molecule has 2 bridgehead atoms. The molecule has 0 amide bonds. The molecule has 1 N–H and O–H groups in total. The van der Waals surface area contributed by atoms with Crippen LogP contribution in [0.2, 0.25) is 0 Å². The minimum absolute atomic E-state index is 0.708. The molecule has 3 aliphatic rings. The molecular formula is C18H25N. The molecule has 1 aromatic carbocycles. The standard InChI is InChI=1S/C18H25N/c1-19-18(11-15-9-12-6-7-13(15)8-12)17-10-14-4-2-3-5-16(14)17/h2-5,12-13,15,17-19H,6-11H2,1H3. The van der Waals surface area contributed by atoms with Gasteiger partial charge in [-0.15, -0.1) is 0 Å². The zero-order valence-corrected chi connectivity index (χ0v) is 11.9. The molecule has 1 nitrogen and oxygen atoms in total. The van der Waals surface area contributed by atoms with Crippen LogP contribution in [0.15, 0.2) is 24.3 Å². The summed E-state index contributed by atoms with van der Waals surface area (Å²) in [7, 11) is 2.17. The van der Waals surface area contributed by atoms with Crippen LogP contribution in [0.3, 0.4) is 0 Å². The largest absolute Gasteiger partial charge is 0.316 e. The number of likely N-dealkylation sites (N-methyl/N-ethyl adjacent to an activating group) is 1. The smallest absolute Gasteiger partial charge is 0.0139 e. The van der Waals surface area contributed by atoms with E-state index in [9.17, 15) is 0 Å². The lowest BCUT2D eigenvalue weighted by atomic mass is 9.70. The van der Waals surface area contributed by atoms with E-state index in [-0.39, 0.29) is 0 Å². The lowest BCUT2D eigenvalue weighted by Crippen LogP contribution is -2.40. The second kappa shape index (κ2) is 4.63. The molecule has 4 rings (SSSR count). The summed E-state index contributed by atoms with van der Waals surface area (Å²) >= 11 is 0. The van der Waals surface area contributed by atoms with Crippen LogP contribution in [-0.4, -0.2) is 13.1 Å². The van der Waals surface area contributed by atoms with Crippen molar-refractivity contribution in [1.82, 2.24) is 5.32 Å². The third kappa shape index (κ3) is 1.94. The maximum Gasteiger partial charge on any atom is 0.0139 e. The minimum atomic E-state index is 0.708. The van der Waals surface area contributed by atoms with Crippen LogP contribution >= 0.6 is 0 Å². The highest BCUT2D eigenvalue weighted by molar-refractivity contribution is 5.41. The molecular weight excluding hydrogens is 230 g/mol. The number of benzene rings is 1. The van der Waals surface area contributed by atoms with Crippen LogP contribution < -0.4 is 5.32 Å². The third-order valence-electron chi connectivity index (χ3n) is 6.19. The lowest BCUT2D eigenvalue weighted by Gasteiger charge is -2.38. The first-order chi connectivity index (χ1) is 9.35. The predicted octanol–water partition coefficient (Wildman–Crippen LogP) is 3.74. The fourth-order valence-corrected chi connectivity index (χ4v) is 5.13. The van der Waals surface area contributed by atoms with Crippen molar-refractivity contribution in [2.45, 2.75) is 50.5 Å². The fourth-order valence-electron chi connectivity index (χ4n) is 5.13. The van der Waals surface area contributed by atoms with Gasteiger partial charge in [0.25, 0.3) is 0 Å². The van der Waals surface area contributed by atoms with Gasteiger partial charge < -0.3 is 5.32 Å². The summed E-state index contributed by atoms with van der Waals surface area (Å²) in [6, 6.07) is 9.73. The molecule has 102 valence electrons. The van der Waals surface area contributed by atoms with Crippen molar-refractivity contribution in [1.29, 1.82) is 0 Å². The highest BCUT2D eigenvalue weighted by Crippen LogP contribution is 2.51. The Morgan fingerprint density at radius 1 is 1.21 bits per heavy atom. The highest BCUT2D eigenvalue weighted by atomic mass is 14.9. The van der Waals surface area contributed by atoms with Crippen LogP contribution in [-0.2, 0) is 6.42 Å². The van der Waals surface area contributed by atoms with Gasteiger partial charge in [0.15, 0.2) is 0 Å². The molecule has 0 spiro atoms. The first kappa shape index (κ1) is 12.0. The number of rotatable bonds is 4. The van der Waals surface area contributed by atoms with Crippen molar-refractivity contribution in [3.05, 3.63) is 35.4 Å². The Bertz CT molecular complexity index is 467. The highest BCUT2D eigenvalue weighted by Gasteiger charge is 2.42. The second-order valence-corrected chi connectivity index (χ2v) is 7.08. The molecule has 0 aromatic heterocycles. The molecule has 19 heavy (non-hydrogen) atoms. The topological polar surface area (TPSA) is 12.0 Å². The predicted molar refractivity (Wildman–Crippen MR) is 79.3 cm³/mol. The van der Waals surface area contributed by atoms with Gasteiger partial charge in [-0.3, -0.25) is 0 Å². The summed E-state index contributed by atoms with van der Waals surface area (Å²) in [6.07, 6.45) is 8.82. The van der Waals surface area contributed by atoms with E-state index in [1.54, 1.807) is 17.5 Å². The van der Waals surface area contributed by atoms with Crippen LogP contribution in [0.5, 0.6) is 0 Å².